The van der Waals surface area contributed by atoms with Crippen molar-refractivity contribution in [2.45, 2.75) is 25.4 Å². The molecule has 1 aromatic carbocycles. The van der Waals surface area contributed by atoms with Gasteiger partial charge in [-0.1, -0.05) is 23.7 Å². The van der Waals surface area contributed by atoms with Crippen LogP contribution in [-0.4, -0.2) is 42.9 Å². The average Bonchev–Trinajstić information content (AvgIpc) is 2.53. The first-order valence-corrected chi connectivity index (χ1v) is 7.48. The summed E-state index contributed by atoms with van der Waals surface area (Å²) in [6.45, 7) is 0.200. The van der Waals surface area contributed by atoms with Gasteiger partial charge >= 0.3 is 6.03 Å². The van der Waals surface area contributed by atoms with Gasteiger partial charge in [0.2, 0.25) is 5.91 Å². The summed E-state index contributed by atoms with van der Waals surface area (Å²) in [6, 6.07) is 4.04. The fourth-order valence-electron chi connectivity index (χ4n) is 2.36. The number of hydrogen-bond acceptors (Lipinski definition) is 4. The fraction of sp³-hybridized carbons (Fsp3) is 0.400. The highest BCUT2D eigenvalue weighted by atomic mass is 35.5. The monoisotopic (exact) mass is 339 g/mol. The molecule has 0 aliphatic carbocycles. The van der Waals surface area contributed by atoms with Gasteiger partial charge in [-0.25, -0.2) is 4.79 Å². The second kappa shape index (κ2) is 7.32. The van der Waals surface area contributed by atoms with Crippen LogP contribution in [0, 0.1) is 0 Å². The lowest BCUT2D eigenvalue weighted by molar-refractivity contribution is -0.147. The maximum atomic E-state index is 12.0. The summed E-state index contributed by atoms with van der Waals surface area (Å²) < 4.78 is 5.20. The highest BCUT2D eigenvalue weighted by molar-refractivity contribution is 6.32. The van der Waals surface area contributed by atoms with Crippen molar-refractivity contribution >= 4 is 29.4 Å². The van der Waals surface area contributed by atoms with Crippen molar-refractivity contribution < 1.29 is 19.1 Å². The van der Waals surface area contributed by atoms with Gasteiger partial charge in [0.15, 0.2) is 0 Å². The second-order valence-corrected chi connectivity index (χ2v) is 5.55. The molecule has 0 spiro atoms. The van der Waals surface area contributed by atoms with Gasteiger partial charge < -0.3 is 15.4 Å². The van der Waals surface area contributed by atoms with Crippen molar-refractivity contribution in [1.29, 1.82) is 0 Å². The van der Waals surface area contributed by atoms with Gasteiger partial charge in [-0.05, 0) is 12.5 Å². The molecule has 1 fully saturated rings. The van der Waals surface area contributed by atoms with Crippen molar-refractivity contribution in [3.05, 3.63) is 28.8 Å². The lowest BCUT2D eigenvalue weighted by Gasteiger charge is -2.28. The standard InChI is InChI=1S/C15H18ClN3O4/c1-19-12(20)7-6-11(14(19)21)18-15(22)17-8-9-4-3-5-10(16)13(9)23-2/h3-5,11H,6-8H2,1-2H3,(H2,17,18,22). The number of benzene rings is 1. The van der Waals surface area contributed by atoms with Crippen LogP contribution in [0.2, 0.25) is 5.02 Å². The van der Waals surface area contributed by atoms with Gasteiger partial charge in [-0.3, -0.25) is 14.5 Å². The number of imide groups is 1. The summed E-state index contributed by atoms with van der Waals surface area (Å²) in [5.41, 5.74) is 0.720. The zero-order valence-corrected chi connectivity index (χ0v) is 13.6. The van der Waals surface area contributed by atoms with E-state index in [1.807, 2.05) is 0 Å². The number of para-hydroxylation sites is 1. The van der Waals surface area contributed by atoms with Crippen LogP contribution in [0.5, 0.6) is 5.75 Å². The maximum absolute atomic E-state index is 12.0. The molecular weight excluding hydrogens is 322 g/mol. The van der Waals surface area contributed by atoms with Crippen molar-refractivity contribution in [3.8, 4) is 5.75 Å². The summed E-state index contributed by atoms with van der Waals surface area (Å²) in [4.78, 5) is 36.3. The van der Waals surface area contributed by atoms with E-state index >= 15 is 0 Å². The topological polar surface area (TPSA) is 87.7 Å². The third-order valence-corrected chi connectivity index (χ3v) is 3.94. The largest absolute Gasteiger partial charge is 0.495 e. The Balaban J connectivity index is 1.92. The van der Waals surface area contributed by atoms with E-state index < -0.39 is 18.0 Å². The SMILES string of the molecule is COc1c(Cl)cccc1CNC(=O)NC1CCC(=O)N(C)C1=O. The molecular formula is C15H18ClN3O4. The van der Waals surface area contributed by atoms with Gasteiger partial charge in [0, 0.05) is 25.6 Å². The Morgan fingerprint density at radius 1 is 1.43 bits per heavy atom. The van der Waals surface area contributed by atoms with E-state index in [-0.39, 0.29) is 18.9 Å². The summed E-state index contributed by atoms with van der Waals surface area (Å²) >= 11 is 6.01. The number of likely N-dealkylation sites (tertiary alicyclic amines) is 1. The Morgan fingerprint density at radius 2 is 2.17 bits per heavy atom. The van der Waals surface area contributed by atoms with Crippen LogP contribution >= 0.6 is 11.6 Å². The minimum Gasteiger partial charge on any atom is -0.495 e. The number of ether oxygens (including phenoxy) is 1. The zero-order chi connectivity index (χ0) is 17.0. The molecule has 1 aliphatic rings. The number of piperidine rings is 1. The predicted molar refractivity (Wildman–Crippen MR) is 84.2 cm³/mol. The van der Waals surface area contributed by atoms with Crippen LogP contribution in [0.1, 0.15) is 18.4 Å². The van der Waals surface area contributed by atoms with E-state index in [0.29, 0.717) is 17.2 Å². The second-order valence-electron chi connectivity index (χ2n) is 5.14. The van der Waals surface area contributed by atoms with E-state index in [0.717, 1.165) is 10.5 Å². The maximum Gasteiger partial charge on any atom is 0.315 e. The lowest BCUT2D eigenvalue weighted by Crippen LogP contribution is -2.54. The Bertz CT molecular complexity index is 635. The number of nitrogens with zero attached hydrogens (tertiary/aromatic N) is 1. The first kappa shape index (κ1) is 17.1. The molecule has 2 rings (SSSR count). The van der Waals surface area contributed by atoms with Crippen LogP contribution < -0.4 is 15.4 Å². The van der Waals surface area contributed by atoms with Crippen molar-refractivity contribution in [2.75, 3.05) is 14.2 Å². The minimum absolute atomic E-state index is 0.200. The van der Waals surface area contributed by atoms with Crippen LogP contribution in [0.15, 0.2) is 18.2 Å². The summed E-state index contributed by atoms with van der Waals surface area (Å²) in [5, 5.41) is 5.68. The highest BCUT2D eigenvalue weighted by Gasteiger charge is 2.32. The fourth-order valence-corrected chi connectivity index (χ4v) is 2.63. The highest BCUT2D eigenvalue weighted by Crippen LogP contribution is 2.27. The normalized spacial score (nSPS) is 17.9. The average molecular weight is 340 g/mol. The molecule has 1 heterocycles. The number of amides is 4. The number of rotatable bonds is 4. The number of nitrogens with one attached hydrogen (secondary N) is 2. The molecule has 23 heavy (non-hydrogen) atoms. The zero-order valence-electron chi connectivity index (χ0n) is 12.9. The Kier molecular flexibility index (Phi) is 5.44. The van der Waals surface area contributed by atoms with Crippen LogP contribution in [0.4, 0.5) is 4.79 Å². The molecule has 1 unspecified atom stereocenters. The van der Waals surface area contributed by atoms with E-state index in [9.17, 15) is 14.4 Å². The molecule has 0 saturated carbocycles. The van der Waals surface area contributed by atoms with Crippen LogP contribution in [0.3, 0.4) is 0 Å². The van der Waals surface area contributed by atoms with E-state index in [1.54, 1.807) is 18.2 Å². The lowest BCUT2D eigenvalue weighted by atomic mass is 10.1. The molecule has 1 aliphatic heterocycles. The molecule has 8 heteroatoms. The van der Waals surface area contributed by atoms with Crippen molar-refractivity contribution in [3.63, 3.8) is 0 Å². The molecule has 1 saturated heterocycles. The molecule has 1 aromatic rings. The first-order chi connectivity index (χ1) is 10.9. The summed E-state index contributed by atoms with van der Waals surface area (Å²) in [6.07, 6.45) is 0.533. The Hall–Kier alpha value is -2.28. The Morgan fingerprint density at radius 3 is 2.87 bits per heavy atom. The quantitative estimate of drug-likeness (QED) is 0.809. The smallest absolute Gasteiger partial charge is 0.315 e. The number of hydrogen-bond donors (Lipinski definition) is 2. The molecule has 124 valence electrons. The first-order valence-electron chi connectivity index (χ1n) is 7.10. The van der Waals surface area contributed by atoms with E-state index in [2.05, 4.69) is 10.6 Å². The van der Waals surface area contributed by atoms with Gasteiger partial charge in [0.1, 0.15) is 11.8 Å². The molecule has 0 radical (unpaired) electrons. The van der Waals surface area contributed by atoms with Gasteiger partial charge in [0.05, 0.1) is 12.1 Å². The number of methoxy groups -OCH3 is 1. The van der Waals surface area contributed by atoms with Crippen LogP contribution in [0.25, 0.3) is 0 Å². The van der Waals surface area contributed by atoms with Crippen LogP contribution in [-0.2, 0) is 16.1 Å². The minimum atomic E-state index is -0.695. The third-order valence-electron chi connectivity index (χ3n) is 3.65. The van der Waals surface area contributed by atoms with Gasteiger partial charge in [0.25, 0.3) is 5.91 Å². The van der Waals surface area contributed by atoms with E-state index in [4.69, 9.17) is 16.3 Å². The third kappa shape index (κ3) is 3.92. The number of carbonyl (C=O) groups is 3. The molecule has 0 bridgehead atoms. The number of urea groups is 1. The van der Waals surface area contributed by atoms with Crippen molar-refractivity contribution in [2.24, 2.45) is 0 Å². The predicted octanol–water partition coefficient (Wildman–Crippen LogP) is 1.30. The van der Waals surface area contributed by atoms with Gasteiger partial charge in [-0.2, -0.15) is 0 Å². The van der Waals surface area contributed by atoms with E-state index in [1.165, 1.54) is 14.2 Å². The number of likely N-dealkylation sites (N-methyl/N-ethyl adjacent to an activating group) is 1. The summed E-state index contributed by atoms with van der Waals surface area (Å²) in [5.74, 6) is -0.151. The Labute approximate surface area is 138 Å². The number of halogens is 1. The van der Waals surface area contributed by atoms with Gasteiger partial charge in [-0.15, -0.1) is 0 Å². The molecule has 4 amide bonds. The molecule has 2 N–H and O–H groups in total. The number of carbonyl (C=O) groups excluding carboxylic acids is 3. The molecule has 1 atom stereocenters. The van der Waals surface area contributed by atoms with Crippen molar-refractivity contribution in [1.82, 2.24) is 15.5 Å². The molecule has 0 aromatic heterocycles. The summed E-state index contributed by atoms with van der Waals surface area (Å²) in [7, 11) is 2.91. The molecule has 7 nitrogen and oxygen atoms in total.